The van der Waals surface area contributed by atoms with Gasteiger partial charge < -0.3 is 19.5 Å². The van der Waals surface area contributed by atoms with Gasteiger partial charge >= 0.3 is 0 Å². The smallest absolute Gasteiger partial charge is 0.230 e. The predicted molar refractivity (Wildman–Crippen MR) is 109 cm³/mol. The Morgan fingerprint density at radius 2 is 2.04 bits per heavy atom. The number of nitrogens with one attached hydrogen (secondary N) is 1. The van der Waals surface area contributed by atoms with Crippen molar-refractivity contribution in [1.82, 2.24) is 10.1 Å². The highest BCUT2D eigenvalue weighted by atomic mass is 32.1. The fourth-order valence-electron chi connectivity index (χ4n) is 3.30. The summed E-state index contributed by atoms with van der Waals surface area (Å²) in [6.07, 6.45) is 0.163. The number of thiazole rings is 1. The molecule has 1 saturated heterocycles. The first kappa shape index (κ1) is 17.2. The van der Waals surface area contributed by atoms with E-state index >= 15 is 0 Å². The maximum Gasteiger partial charge on any atom is 0.230 e. The number of aromatic nitrogens is 2. The Balaban J connectivity index is 1.32. The number of ether oxygens (including phenoxy) is 1. The van der Waals surface area contributed by atoms with E-state index in [-0.39, 0.29) is 12.3 Å². The Labute approximate surface area is 164 Å². The van der Waals surface area contributed by atoms with Crippen LogP contribution in [0.5, 0.6) is 0 Å². The number of benzene rings is 2. The summed E-state index contributed by atoms with van der Waals surface area (Å²) in [7, 11) is 0. The Morgan fingerprint density at radius 3 is 2.93 bits per heavy atom. The average Bonchev–Trinajstić information content (AvgIpc) is 3.33. The maximum atomic E-state index is 12.5. The largest absolute Gasteiger partial charge is 0.378 e. The summed E-state index contributed by atoms with van der Waals surface area (Å²) in [6.45, 7) is 3.17. The van der Waals surface area contributed by atoms with E-state index in [9.17, 15) is 4.79 Å². The molecule has 4 aromatic rings. The number of morpholine rings is 1. The Bertz CT molecular complexity index is 1150. The molecule has 5 rings (SSSR count). The lowest BCUT2D eigenvalue weighted by molar-refractivity contribution is -0.115. The topological polar surface area (TPSA) is 80.5 Å². The fraction of sp³-hybridized carbons (Fsp3) is 0.250. The lowest BCUT2D eigenvalue weighted by atomic mass is 10.1. The third-order valence-corrected chi connectivity index (χ3v) is 5.80. The number of hydrogen-bond donors (Lipinski definition) is 1. The van der Waals surface area contributed by atoms with Crippen LogP contribution >= 0.6 is 11.3 Å². The molecule has 2 aromatic heterocycles. The first-order valence-electron chi connectivity index (χ1n) is 9.13. The van der Waals surface area contributed by atoms with Crippen LogP contribution in [0.15, 0.2) is 47.0 Å². The van der Waals surface area contributed by atoms with Gasteiger partial charge in [-0.25, -0.2) is 4.98 Å². The summed E-state index contributed by atoms with van der Waals surface area (Å²) in [5.74, 6) is -0.128. The first-order valence-corrected chi connectivity index (χ1v) is 9.94. The molecule has 1 aliphatic rings. The summed E-state index contributed by atoms with van der Waals surface area (Å²) < 4.78 is 11.7. The van der Waals surface area contributed by atoms with Gasteiger partial charge in [0.1, 0.15) is 5.69 Å². The van der Waals surface area contributed by atoms with Crippen LogP contribution in [0.4, 0.5) is 10.8 Å². The van der Waals surface area contributed by atoms with E-state index in [1.165, 1.54) is 0 Å². The van der Waals surface area contributed by atoms with Crippen LogP contribution in [0, 0.1) is 0 Å². The molecule has 3 heterocycles. The number of rotatable bonds is 4. The third-order valence-electron chi connectivity index (χ3n) is 4.72. The molecule has 0 spiro atoms. The van der Waals surface area contributed by atoms with Gasteiger partial charge in [0.25, 0.3) is 0 Å². The quantitative estimate of drug-likeness (QED) is 0.571. The van der Waals surface area contributed by atoms with Crippen molar-refractivity contribution in [3.63, 3.8) is 0 Å². The van der Waals surface area contributed by atoms with Crippen molar-refractivity contribution in [2.75, 3.05) is 36.5 Å². The monoisotopic (exact) mass is 394 g/mol. The molecule has 8 heteroatoms. The van der Waals surface area contributed by atoms with Gasteiger partial charge in [-0.15, -0.1) is 0 Å². The molecule has 0 saturated carbocycles. The number of amides is 1. The molecule has 0 atom stereocenters. The van der Waals surface area contributed by atoms with Gasteiger partial charge in [0.15, 0.2) is 10.7 Å². The minimum atomic E-state index is -0.128. The zero-order chi connectivity index (χ0) is 18.9. The Kier molecular flexibility index (Phi) is 4.42. The third kappa shape index (κ3) is 3.32. The number of nitrogens with zero attached hydrogens (tertiary/aromatic N) is 3. The zero-order valence-corrected chi connectivity index (χ0v) is 15.9. The van der Waals surface area contributed by atoms with E-state index < -0.39 is 0 Å². The van der Waals surface area contributed by atoms with E-state index in [0.29, 0.717) is 11.3 Å². The molecule has 0 unspecified atom stereocenters. The standard InChI is InChI=1S/C20H18N4O3S/c25-19(12-16-14-3-1-2-4-17(14)27-23-16)21-13-5-6-15-18(11-13)28-20(22-15)24-7-9-26-10-8-24/h1-6,11H,7-10,12H2,(H,21,25). The second kappa shape index (κ2) is 7.21. The Hall–Kier alpha value is -2.97. The Morgan fingerprint density at radius 1 is 1.18 bits per heavy atom. The van der Waals surface area contributed by atoms with Gasteiger partial charge in [-0.1, -0.05) is 28.6 Å². The number of carbonyl (C=O) groups is 1. The molecule has 1 N–H and O–H groups in total. The minimum Gasteiger partial charge on any atom is -0.378 e. The van der Waals surface area contributed by atoms with Crippen LogP contribution in [0.25, 0.3) is 21.2 Å². The molecule has 0 radical (unpaired) electrons. The highest BCUT2D eigenvalue weighted by molar-refractivity contribution is 7.22. The van der Waals surface area contributed by atoms with Crippen LogP contribution in [-0.2, 0) is 16.0 Å². The van der Waals surface area contributed by atoms with Gasteiger partial charge in [-0.3, -0.25) is 4.79 Å². The summed E-state index contributed by atoms with van der Waals surface area (Å²) in [5, 5.41) is 8.84. The van der Waals surface area contributed by atoms with Gasteiger partial charge in [0, 0.05) is 24.2 Å². The van der Waals surface area contributed by atoms with Crippen molar-refractivity contribution in [2.24, 2.45) is 0 Å². The normalized spacial score (nSPS) is 14.6. The van der Waals surface area contributed by atoms with Crippen molar-refractivity contribution < 1.29 is 14.1 Å². The number of hydrogen-bond acceptors (Lipinski definition) is 7. The summed E-state index contributed by atoms with van der Waals surface area (Å²) in [5.41, 5.74) is 3.02. The molecular formula is C20H18N4O3S. The SMILES string of the molecule is O=C(Cc1noc2ccccc12)Nc1ccc2nc(N3CCOCC3)sc2c1. The lowest BCUT2D eigenvalue weighted by Crippen LogP contribution is -2.36. The molecule has 0 bridgehead atoms. The van der Waals surface area contributed by atoms with E-state index in [1.54, 1.807) is 11.3 Å². The van der Waals surface area contributed by atoms with Crippen LogP contribution in [0.3, 0.4) is 0 Å². The molecule has 7 nitrogen and oxygen atoms in total. The summed E-state index contributed by atoms with van der Waals surface area (Å²) in [4.78, 5) is 19.4. The second-order valence-corrected chi connectivity index (χ2v) is 7.64. The van der Waals surface area contributed by atoms with E-state index in [2.05, 4.69) is 15.4 Å². The predicted octanol–water partition coefficient (Wildman–Crippen LogP) is 3.46. The molecule has 2 aromatic carbocycles. The van der Waals surface area contributed by atoms with Gasteiger partial charge in [-0.2, -0.15) is 0 Å². The van der Waals surface area contributed by atoms with Crippen LogP contribution < -0.4 is 10.2 Å². The number of para-hydroxylation sites is 1. The summed E-state index contributed by atoms with van der Waals surface area (Å²) >= 11 is 1.63. The van der Waals surface area contributed by atoms with Crippen molar-refractivity contribution in [1.29, 1.82) is 0 Å². The number of anilines is 2. The van der Waals surface area contributed by atoms with Crippen LogP contribution in [0.1, 0.15) is 5.69 Å². The highest BCUT2D eigenvalue weighted by Crippen LogP contribution is 2.31. The molecule has 1 aliphatic heterocycles. The second-order valence-electron chi connectivity index (χ2n) is 6.63. The molecule has 1 fully saturated rings. The van der Waals surface area contributed by atoms with Crippen LogP contribution in [0.2, 0.25) is 0 Å². The van der Waals surface area contributed by atoms with Crippen molar-refractivity contribution >= 4 is 49.2 Å². The van der Waals surface area contributed by atoms with E-state index in [4.69, 9.17) is 14.2 Å². The maximum absolute atomic E-state index is 12.5. The average molecular weight is 394 g/mol. The van der Waals surface area contributed by atoms with Crippen molar-refractivity contribution in [3.8, 4) is 0 Å². The summed E-state index contributed by atoms with van der Waals surface area (Å²) in [6, 6.07) is 13.3. The van der Waals surface area contributed by atoms with Gasteiger partial charge in [0.05, 0.1) is 29.9 Å². The molecule has 142 valence electrons. The minimum absolute atomic E-state index is 0.128. The molecule has 1 amide bonds. The molecule has 28 heavy (non-hydrogen) atoms. The molecule has 0 aliphatic carbocycles. The van der Waals surface area contributed by atoms with Crippen molar-refractivity contribution in [2.45, 2.75) is 6.42 Å². The van der Waals surface area contributed by atoms with E-state index in [0.717, 1.165) is 52.7 Å². The highest BCUT2D eigenvalue weighted by Gasteiger charge is 2.16. The lowest BCUT2D eigenvalue weighted by Gasteiger charge is -2.25. The first-order chi connectivity index (χ1) is 13.8. The fourth-order valence-corrected chi connectivity index (χ4v) is 4.36. The zero-order valence-electron chi connectivity index (χ0n) is 15.1. The number of carbonyl (C=O) groups excluding carboxylic acids is 1. The van der Waals surface area contributed by atoms with Crippen LogP contribution in [-0.4, -0.2) is 42.4 Å². The van der Waals surface area contributed by atoms with E-state index in [1.807, 2.05) is 42.5 Å². The van der Waals surface area contributed by atoms with Gasteiger partial charge in [0.2, 0.25) is 5.91 Å². The van der Waals surface area contributed by atoms with Crippen molar-refractivity contribution in [3.05, 3.63) is 48.2 Å². The number of fused-ring (bicyclic) bond motifs is 2. The molecular weight excluding hydrogens is 376 g/mol. The van der Waals surface area contributed by atoms with Gasteiger partial charge in [-0.05, 0) is 30.3 Å².